The van der Waals surface area contributed by atoms with Gasteiger partial charge in [-0.2, -0.15) is 0 Å². The van der Waals surface area contributed by atoms with Crippen LogP contribution in [0.15, 0.2) is 0 Å². The Labute approximate surface area is 689 Å². The lowest BCUT2D eigenvalue weighted by molar-refractivity contribution is 0.124. The van der Waals surface area contributed by atoms with Crippen LogP contribution in [-0.4, -0.2) is 0 Å². The van der Waals surface area contributed by atoms with Crippen LogP contribution in [0.4, 0.5) is 0 Å². The van der Waals surface area contributed by atoms with E-state index in [0.717, 1.165) is 90.7 Å². The van der Waals surface area contributed by atoms with Gasteiger partial charge in [-0.3, -0.25) is 0 Å². The predicted molar refractivity (Wildman–Crippen MR) is 498 cm³/mol. The van der Waals surface area contributed by atoms with Crippen LogP contribution in [0.25, 0.3) is 0 Å². The summed E-state index contributed by atoms with van der Waals surface area (Å²) < 4.78 is 0. The molecule has 16 rings (SSSR count). The fourth-order valence-electron chi connectivity index (χ4n) is 21.6. The minimum Gasteiger partial charge on any atom is -0.0630 e. The molecule has 16 aliphatic rings. The maximum Gasteiger partial charge on any atom is -0.0297 e. The lowest BCUT2D eigenvalue weighted by Crippen LogP contribution is -2.26. The molecule has 0 heterocycles. The van der Waals surface area contributed by atoms with Crippen LogP contribution in [0.2, 0.25) is 0 Å². The first-order valence-corrected chi connectivity index (χ1v) is 51.2. The summed E-state index contributed by atoms with van der Waals surface area (Å²) in [5.41, 5.74) is 7.10. The summed E-state index contributed by atoms with van der Waals surface area (Å²) in [7, 11) is 0. The normalized spacial score (nSPS) is 24.9. The van der Waals surface area contributed by atoms with Crippen molar-refractivity contribution in [3.63, 3.8) is 0 Å². The number of hydrogen-bond acceptors (Lipinski definition) is 0. The highest BCUT2D eigenvalue weighted by atomic mass is 14.5. The van der Waals surface area contributed by atoms with E-state index >= 15 is 0 Å². The molecule has 0 aromatic rings. The molecule has 0 radical (unpaired) electrons. The van der Waals surface area contributed by atoms with Crippen LogP contribution in [0, 0.1) is 90.7 Å². The van der Waals surface area contributed by atoms with Crippen LogP contribution in [0.3, 0.4) is 0 Å². The van der Waals surface area contributed by atoms with Crippen molar-refractivity contribution >= 4 is 0 Å². The zero-order valence-electron chi connectivity index (χ0n) is 80.7. The van der Waals surface area contributed by atoms with Crippen molar-refractivity contribution in [1.29, 1.82) is 0 Å². The van der Waals surface area contributed by atoms with E-state index in [-0.39, 0.29) is 0 Å². The highest BCUT2D eigenvalue weighted by Gasteiger charge is 2.42. The maximum atomic E-state index is 2.17. The molecular weight excluding hydrogens is 1300 g/mol. The van der Waals surface area contributed by atoms with Crippen LogP contribution < -0.4 is 0 Å². The molecule has 16 fully saturated rings. The van der Waals surface area contributed by atoms with Gasteiger partial charge in [0.15, 0.2) is 0 Å². The summed E-state index contributed by atoms with van der Waals surface area (Å²) in [5, 5.41) is 0. The Hall–Kier alpha value is 0. The molecule has 0 unspecified atom stereocenters. The number of hydrogen-bond donors (Lipinski definition) is 0. The second-order valence-corrected chi connectivity index (χ2v) is 46.6. The van der Waals surface area contributed by atoms with E-state index in [1.807, 2.05) is 0 Å². The Bertz CT molecular complexity index is 1460. The summed E-state index contributed by atoms with van der Waals surface area (Å²) in [4.78, 5) is 0. The summed E-state index contributed by atoms with van der Waals surface area (Å²) >= 11 is 0. The van der Waals surface area contributed by atoms with Crippen molar-refractivity contribution < 1.29 is 0 Å². The average molecular weight is 1510 g/mol. The van der Waals surface area contributed by atoms with Crippen molar-refractivity contribution in [2.75, 3.05) is 0 Å². The molecule has 16 saturated carbocycles. The minimum absolute atomic E-state index is 0.833. The van der Waals surface area contributed by atoms with Gasteiger partial charge in [0.1, 0.15) is 0 Å². The lowest BCUT2D eigenvalue weighted by atomic mass is 9.65. The Balaban J connectivity index is 0.000000586. The SMILES string of the molecule is C1CCC2(C1)CCC2.C1CCC2(C1)CCC2.C1CCC2(C1)CCC2.C1CCC2(C1)CCC2.C1CCC2(CC1)CCCCC2.C1CCC2(CC1)CCCCC2.C1CCC2(CC1)CCCCC2.C1CCC2(CC1)CCCCC2.CC(C)C.CC(C)C.CC(C)C.CC(C)C.CC(C)C.CC(C)C.CC(C)C.CC(C)C. The second kappa shape index (κ2) is 61.3. The minimum atomic E-state index is 0.833. The van der Waals surface area contributed by atoms with Crippen molar-refractivity contribution in [3.8, 4) is 0 Å². The molecule has 0 bridgehead atoms. The molecule has 0 amide bonds. The summed E-state index contributed by atoms with van der Waals surface area (Å²) in [6.45, 7) is 52.0. The van der Waals surface area contributed by atoms with E-state index in [2.05, 4.69) is 166 Å². The van der Waals surface area contributed by atoms with Crippen LogP contribution in [-0.2, 0) is 0 Å². The van der Waals surface area contributed by atoms with Crippen molar-refractivity contribution in [3.05, 3.63) is 0 Å². The standard InChI is InChI=1S/4C11H20.4C8H14.8C4H10/c4*1-3-7-11(8-4-1)9-5-2-6-10-11;4*1-2-5-8(4-1)6-3-7-8;8*1-4(2)3/h4*1-10H2;4*1-7H2;8*4H,1-3H3. The van der Waals surface area contributed by atoms with Crippen LogP contribution in [0.5, 0.6) is 0 Å². The van der Waals surface area contributed by atoms with Crippen LogP contribution in [0.1, 0.15) is 603 Å². The van der Waals surface area contributed by atoms with Crippen molar-refractivity contribution in [1.82, 2.24) is 0 Å². The quantitative estimate of drug-likeness (QED) is 0.227. The molecular formula is C108H216. The zero-order valence-corrected chi connectivity index (χ0v) is 80.7. The third kappa shape index (κ3) is 53.4. The highest BCUT2D eigenvalue weighted by molar-refractivity contribution is 4.95. The van der Waals surface area contributed by atoms with Gasteiger partial charge in [-0.15, -0.1) is 0 Å². The highest BCUT2D eigenvalue weighted by Crippen LogP contribution is 2.57. The first kappa shape index (κ1) is 106. The van der Waals surface area contributed by atoms with Gasteiger partial charge in [0.05, 0.1) is 0 Å². The first-order valence-electron chi connectivity index (χ1n) is 51.2. The molecule has 0 aromatic heterocycles. The molecule has 0 atom stereocenters. The van der Waals surface area contributed by atoms with E-state index in [1.165, 1.54) is 231 Å². The smallest absolute Gasteiger partial charge is 0.0297 e. The molecule has 0 saturated heterocycles. The Morgan fingerprint density at radius 3 is 0.176 bits per heavy atom. The zero-order chi connectivity index (χ0) is 80.7. The lowest BCUT2D eigenvalue weighted by Gasteiger charge is -2.40. The summed E-state index contributed by atoms with van der Waals surface area (Å²) in [5.74, 6) is 6.67. The fourth-order valence-corrected chi connectivity index (χ4v) is 21.6. The summed E-state index contributed by atoms with van der Waals surface area (Å²) in [6.07, 6.45) is 105. The Kier molecular flexibility index (Phi) is 60.2. The van der Waals surface area contributed by atoms with Gasteiger partial charge in [-0.05, 0) is 296 Å². The van der Waals surface area contributed by atoms with E-state index in [0.29, 0.717) is 0 Å². The van der Waals surface area contributed by atoms with E-state index in [4.69, 9.17) is 0 Å². The van der Waals surface area contributed by atoms with E-state index in [1.54, 1.807) is 205 Å². The monoisotopic (exact) mass is 1510 g/mol. The number of rotatable bonds is 0. The van der Waals surface area contributed by atoms with Crippen LogP contribution >= 0.6 is 0 Å². The molecule has 0 N–H and O–H groups in total. The van der Waals surface area contributed by atoms with Gasteiger partial charge in [-0.25, -0.2) is 0 Å². The molecule has 0 aromatic carbocycles. The van der Waals surface area contributed by atoms with E-state index in [9.17, 15) is 0 Å². The average Bonchev–Trinajstić information content (AvgIpc) is 1.66. The Morgan fingerprint density at radius 1 is 0.0833 bits per heavy atom. The van der Waals surface area contributed by atoms with E-state index < -0.39 is 0 Å². The maximum absolute atomic E-state index is 2.17. The Morgan fingerprint density at radius 2 is 0.130 bits per heavy atom. The molecule has 0 nitrogen and oxygen atoms in total. The van der Waals surface area contributed by atoms with Gasteiger partial charge in [0, 0.05) is 0 Å². The van der Waals surface area contributed by atoms with Crippen molar-refractivity contribution in [2.24, 2.45) is 90.7 Å². The molecule has 16 aliphatic carbocycles. The van der Waals surface area contributed by atoms with Crippen molar-refractivity contribution in [2.45, 2.75) is 603 Å². The topological polar surface area (TPSA) is 0 Å². The third-order valence-electron chi connectivity index (χ3n) is 27.6. The van der Waals surface area contributed by atoms with Gasteiger partial charge in [0.2, 0.25) is 0 Å². The molecule has 648 valence electrons. The molecule has 0 aliphatic heterocycles. The first-order chi connectivity index (χ1) is 51.2. The molecule has 8 spiro atoms. The third-order valence-corrected chi connectivity index (χ3v) is 27.6. The summed E-state index contributed by atoms with van der Waals surface area (Å²) in [6, 6.07) is 0. The van der Waals surface area contributed by atoms with Gasteiger partial charge < -0.3 is 0 Å². The molecule has 108 heavy (non-hydrogen) atoms. The second-order valence-electron chi connectivity index (χ2n) is 46.6. The molecule has 0 heteroatoms. The predicted octanol–water partition coefficient (Wildman–Crippen LogP) is 39.8. The van der Waals surface area contributed by atoms with Gasteiger partial charge >= 0.3 is 0 Å². The fraction of sp³-hybridized carbons (Fsp3) is 1.00. The van der Waals surface area contributed by atoms with Gasteiger partial charge in [-0.1, -0.05) is 397 Å². The largest absolute Gasteiger partial charge is 0.0630 e. The van der Waals surface area contributed by atoms with Gasteiger partial charge in [0.25, 0.3) is 0 Å².